The Labute approximate surface area is 375 Å². The number of imidazole rings is 1. The number of hydrogen-bond donors (Lipinski definition) is 1. The van der Waals surface area contributed by atoms with Crippen LogP contribution in [-0.2, 0) is 37.3 Å². The smallest absolute Gasteiger partial charge is 0.148 e. The molecule has 2 heterocycles. The van der Waals surface area contributed by atoms with Gasteiger partial charge in [0.25, 0.3) is 0 Å². The SMILES string of the molecule is [2H]c1nc(-c2[c-]c(-c3cccc4c3nc(-c3cc(C(C)(C)C)cc(C(C)(C)C)c3O)n4-c3ccccc3-c3ccccc3)cc(C(C)(C)C)c2)c([2H])c(-c2c([2H])c([2H])c([2H])c([2H])c2[2H])c1[2H].[Pt]. The van der Waals surface area contributed by atoms with E-state index in [1.165, 1.54) is 0 Å². The minimum Gasteiger partial charge on any atom is -0.507 e. The number of para-hydroxylation sites is 2. The van der Waals surface area contributed by atoms with Crippen LogP contribution in [0.1, 0.15) is 90.0 Å². The Balaban J connectivity index is 0.00000666. The number of nitrogens with zero attached hydrogens (tertiary/aromatic N) is 3. The second-order valence-electron chi connectivity index (χ2n) is 17.9. The zero-order valence-electron chi connectivity index (χ0n) is 42.8. The maximum Gasteiger partial charge on any atom is 0.148 e. The molecule has 0 aliphatic carbocycles. The summed E-state index contributed by atoms with van der Waals surface area (Å²) in [5.41, 5.74) is 7.28. The van der Waals surface area contributed by atoms with E-state index < -0.39 is 53.3 Å². The van der Waals surface area contributed by atoms with Crippen LogP contribution >= 0.6 is 0 Å². The molecule has 0 aliphatic heterocycles. The molecule has 0 radical (unpaired) electrons. The van der Waals surface area contributed by atoms with E-state index in [4.69, 9.17) is 14.6 Å². The predicted molar refractivity (Wildman–Crippen MR) is 243 cm³/mol. The van der Waals surface area contributed by atoms with Gasteiger partial charge in [-0.1, -0.05) is 176 Å². The number of phenolic OH excluding ortho intramolecular Hbond substituents is 1. The molecule has 4 nitrogen and oxygen atoms in total. The van der Waals surface area contributed by atoms with Crippen LogP contribution in [-0.4, -0.2) is 19.6 Å². The van der Waals surface area contributed by atoms with Crippen LogP contribution in [0.3, 0.4) is 0 Å². The average Bonchev–Trinajstić information content (AvgIpc) is 3.66. The molecule has 1 N–H and O–H groups in total. The van der Waals surface area contributed by atoms with Crippen LogP contribution in [0.2, 0.25) is 0 Å². The third-order valence-corrected chi connectivity index (χ3v) is 10.6. The molecule has 2 aromatic heterocycles. The topological polar surface area (TPSA) is 50.9 Å². The number of pyridine rings is 1. The summed E-state index contributed by atoms with van der Waals surface area (Å²) in [6.45, 7) is 18.9. The monoisotopic (exact) mass is 961 g/mol. The van der Waals surface area contributed by atoms with Crippen molar-refractivity contribution in [1.29, 1.82) is 0 Å². The molecule has 0 bridgehead atoms. The van der Waals surface area contributed by atoms with Crippen molar-refractivity contribution in [3.63, 3.8) is 0 Å². The fourth-order valence-corrected chi connectivity index (χ4v) is 7.30. The normalized spacial score (nSPS) is 14.0. The first-order chi connectivity index (χ1) is 30.9. The summed E-state index contributed by atoms with van der Waals surface area (Å²) in [6.07, 6.45) is -0.520. The number of hydrogen-bond acceptors (Lipinski definition) is 3. The van der Waals surface area contributed by atoms with Gasteiger partial charge in [0.2, 0.25) is 0 Å². The standard InChI is InChI=1S/C54H52N3O.Pt/c1-52(2,3)40-30-38(29-39(31-40)46-32-37(27-28-55-46)35-19-12-10-13-20-35)43-24-18-26-48-49(43)56-51(44-33-41(53(4,5)6)34-45(50(44)58)54(7,8)9)57(48)47-25-17-16-23-42(47)36-21-14-11-15-22-36;/h10-28,30-34,58H,1-9H3;/q-1;/i10D,12D,13D,19D,20D,27D,28D,32D;. The first kappa shape index (κ1) is 32.3. The number of rotatable bonds is 6. The van der Waals surface area contributed by atoms with E-state index in [1.54, 1.807) is 0 Å². The maximum atomic E-state index is 12.4. The summed E-state index contributed by atoms with van der Waals surface area (Å²) in [5.74, 6) is 0.674. The molecule has 8 rings (SSSR count). The van der Waals surface area contributed by atoms with Crippen molar-refractivity contribution in [3.8, 4) is 67.5 Å². The molecule has 0 spiro atoms. The number of fused-ring (bicyclic) bond motifs is 1. The molecule has 0 amide bonds. The van der Waals surface area contributed by atoms with Gasteiger partial charge in [0.15, 0.2) is 0 Å². The molecule has 0 unspecified atom stereocenters. The number of aromatic nitrogens is 3. The van der Waals surface area contributed by atoms with Crippen molar-refractivity contribution < 1.29 is 37.1 Å². The van der Waals surface area contributed by atoms with Gasteiger partial charge in [-0.15, -0.1) is 29.3 Å². The van der Waals surface area contributed by atoms with Gasteiger partial charge in [0.1, 0.15) is 11.6 Å². The van der Waals surface area contributed by atoms with Crippen molar-refractivity contribution in [1.82, 2.24) is 14.5 Å². The van der Waals surface area contributed by atoms with E-state index in [9.17, 15) is 6.48 Å². The third-order valence-electron chi connectivity index (χ3n) is 10.6. The van der Waals surface area contributed by atoms with Gasteiger partial charge in [0, 0.05) is 44.1 Å². The Morgan fingerprint density at radius 3 is 1.95 bits per heavy atom. The maximum absolute atomic E-state index is 12.4. The largest absolute Gasteiger partial charge is 0.507 e. The predicted octanol–water partition coefficient (Wildman–Crippen LogP) is 14.2. The van der Waals surface area contributed by atoms with Crippen molar-refractivity contribution in [2.45, 2.75) is 78.6 Å². The van der Waals surface area contributed by atoms with Gasteiger partial charge >= 0.3 is 0 Å². The van der Waals surface area contributed by atoms with E-state index in [0.29, 0.717) is 33.6 Å². The second-order valence-corrected chi connectivity index (χ2v) is 17.9. The van der Waals surface area contributed by atoms with Gasteiger partial charge < -0.3 is 5.11 Å². The van der Waals surface area contributed by atoms with E-state index in [2.05, 4.69) is 108 Å². The Hall–Kier alpha value is -5.57. The average molecular weight is 962 g/mol. The Kier molecular flexibility index (Phi) is 8.70. The third kappa shape index (κ3) is 8.21. The fraction of sp³-hybridized carbons (Fsp3) is 0.222. The molecule has 0 saturated carbocycles. The summed E-state index contributed by atoms with van der Waals surface area (Å²) < 4.78 is 71.4. The summed E-state index contributed by atoms with van der Waals surface area (Å²) in [7, 11) is 0. The molecule has 300 valence electrons. The zero-order chi connectivity index (χ0) is 47.9. The summed E-state index contributed by atoms with van der Waals surface area (Å²) in [4.78, 5) is 9.93. The molecule has 5 heteroatoms. The molecule has 0 atom stereocenters. The molecule has 0 fully saturated rings. The van der Waals surface area contributed by atoms with E-state index in [-0.39, 0.29) is 55.1 Å². The van der Waals surface area contributed by atoms with E-state index >= 15 is 0 Å². The Morgan fingerprint density at radius 2 is 1.25 bits per heavy atom. The van der Waals surface area contributed by atoms with Crippen LogP contribution in [0, 0.1) is 6.07 Å². The minimum atomic E-state index is -0.607. The van der Waals surface area contributed by atoms with Gasteiger partial charge in [0.05, 0.1) is 33.3 Å². The number of phenols is 1. The van der Waals surface area contributed by atoms with Gasteiger partial charge in [-0.2, -0.15) is 0 Å². The van der Waals surface area contributed by atoms with Crippen molar-refractivity contribution in [3.05, 3.63) is 168 Å². The van der Waals surface area contributed by atoms with Crippen molar-refractivity contribution >= 4 is 11.0 Å². The molecule has 8 aromatic rings. The van der Waals surface area contributed by atoms with Crippen molar-refractivity contribution in [2.24, 2.45) is 0 Å². The first-order valence-corrected chi connectivity index (χ1v) is 19.6. The van der Waals surface area contributed by atoms with Crippen LogP contribution in [0.4, 0.5) is 0 Å². The first-order valence-electron chi connectivity index (χ1n) is 23.6. The quantitative estimate of drug-likeness (QED) is 0.169. The fourth-order valence-electron chi connectivity index (χ4n) is 7.30. The molecule has 6 aromatic carbocycles. The number of benzene rings is 6. The molecular weight excluding hydrogens is 902 g/mol. The zero-order valence-corrected chi connectivity index (χ0v) is 37.1. The van der Waals surface area contributed by atoms with E-state index in [0.717, 1.165) is 39.0 Å². The number of aromatic hydroxyl groups is 1. The molecular formula is C54H52N3OPt-. The van der Waals surface area contributed by atoms with Gasteiger partial charge in [-0.05, 0) is 62.7 Å². The van der Waals surface area contributed by atoms with Crippen LogP contribution in [0.15, 0.2) is 146 Å². The van der Waals surface area contributed by atoms with E-state index in [1.807, 2.05) is 66.7 Å². The minimum absolute atomic E-state index is 0. The Bertz CT molecular complexity index is 3230. The van der Waals surface area contributed by atoms with Crippen LogP contribution in [0.25, 0.3) is 72.7 Å². The summed E-state index contributed by atoms with van der Waals surface area (Å²) in [6, 6.07) is 31.8. The summed E-state index contributed by atoms with van der Waals surface area (Å²) in [5, 5.41) is 12.4. The molecule has 0 aliphatic rings. The Morgan fingerprint density at radius 1 is 0.610 bits per heavy atom. The molecule has 0 saturated heterocycles. The van der Waals surface area contributed by atoms with Crippen LogP contribution in [0.5, 0.6) is 5.75 Å². The van der Waals surface area contributed by atoms with Crippen LogP contribution < -0.4 is 0 Å². The van der Waals surface area contributed by atoms with Crippen molar-refractivity contribution in [2.75, 3.05) is 0 Å². The van der Waals surface area contributed by atoms with Gasteiger partial charge in [-0.25, -0.2) is 4.98 Å². The van der Waals surface area contributed by atoms with Gasteiger partial charge in [-0.3, -0.25) is 9.55 Å². The summed E-state index contributed by atoms with van der Waals surface area (Å²) >= 11 is 0. The molecule has 59 heavy (non-hydrogen) atoms. The second kappa shape index (κ2) is 15.9.